The summed E-state index contributed by atoms with van der Waals surface area (Å²) in [4.78, 5) is 45.4. The average Bonchev–Trinajstić information content (AvgIpc) is 3.64. The number of unbranched alkanes of at least 4 members (excludes halogenated alkanes) is 26. The first kappa shape index (κ1) is 74.0. The van der Waals surface area contributed by atoms with Gasteiger partial charge in [-0.25, -0.2) is 9.36 Å². The van der Waals surface area contributed by atoms with Crippen LogP contribution in [-0.4, -0.2) is 95.8 Å². The van der Waals surface area contributed by atoms with Gasteiger partial charge < -0.3 is 39.2 Å². The summed E-state index contributed by atoms with van der Waals surface area (Å²) in [5.74, 6) is -2.49. The monoisotopic (exact) mass is 1190 g/mol. The molecule has 3 rings (SSSR count). The van der Waals surface area contributed by atoms with E-state index in [0.29, 0.717) is 24.8 Å². The van der Waals surface area contributed by atoms with Gasteiger partial charge in [0.2, 0.25) is 5.91 Å². The summed E-state index contributed by atoms with van der Waals surface area (Å²) in [5.41, 5.74) is -0.733. The third-order valence-electron chi connectivity index (χ3n) is 16.3. The van der Waals surface area contributed by atoms with Gasteiger partial charge in [-0.3, -0.25) is 19.0 Å². The van der Waals surface area contributed by atoms with Crippen LogP contribution in [0.1, 0.15) is 245 Å². The van der Waals surface area contributed by atoms with Gasteiger partial charge in [-0.05, 0) is 70.1 Å². The van der Waals surface area contributed by atoms with E-state index in [1.165, 1.54) is 109 Å². The predicted octanol–water partition coefficient (Wildman–Crippen LogP) is 16.3. The first-order chi connectivity index (χ1) is 40.7. The fourth-order valence-corrected chi connectivity index (χ4v) is 12.2. The number of aliphatic hydroxyl groups is 3. The van der Waals surface area contributed by atoms with Gasteiger partial charge in [0, 0.05) is 0 Å². The van der Waals surface area contributed by atoms with Crippen LogP contribution in [0.25, 0.3) is 0 Å². The molecule has 0 saturated heterocycles. The minimum absolute atomic E-state index is 0.0793. The smallest absolute Gasteiger partial charge is 0.461 e. The number of carbonyl (C=O) groups is 3. The van der Waals surface area contributed by atoms with Gasteiger partial charge in [-0.15, -0.1) is 0 Å². The second kappa shape index (κ2) is 45.0. The summed E-state index contributed by atoms with van der Waals surface area (Å²) in [7, 11) is -1.53. The van der Waals surface area contributed by atoms with Crippen molar-refractivity contribution in [3.05, 3.63) is 96.6 Å². The molecule has 0 radical (unpaired) electrons. The number of benzene rings is 3. The molecule has 0 unspecified atom stereocenters. The Labute approximate surface area is 507 Å². The molecule has 0 aliphatic rings. The van der Waals surface area contributed by atoms with E-state index >= 15 is 9.36 Å². The summed E-state index contributed by atoms with van der Waals surface area (Å²) >= 11 is 0. The van der Waals surface area contributed by atoms with Crippen molar-refractivity contribution in [2.75, 3.05) is 27.3 Å². The summed E-state index contributed by atoms with van der Waals surface area (Å²) in [6.07, 6.45) is 26.7. The highest BCUT2D eigenvalue weighted by atomic mass is 31.2. The number of amides is 1. The Hall–Kier alpha value is -4.30. The molecule has 0 spiro atoms. The van der Waals surface area contributed by atoms with E-state index in [1.807, 2.05) is 6.07 Å². The molecule has 0 bridgehead atoms. The van der Waals surface area contributed by atoms with Crippen molar-refractivity contribution in [3.8, 4) is 11.5 Å². The third kappa shape index (κ3) is 30.4. The van der Waals surface area contributed by atoms with Gasteiger partial charge in [0.25, 0.3) is 0 Å². The summed E-state index contributed by atoms with van der Waals surface area (Å²) in [6.45, 7) is 6.71. The number of carbonyl (C=O) groups excluding carboxylic acids is 3. The van der Waals surface area contributed by atoms with Crippen molar-refractivity contribution in [1.29, 1.82) is 0 Å². The predicted molar refractivity (Wildman–Crippen MR) is 339 cm³/mol. The first-order valence-corrected chi connectivity index (χ1v) is 34.3. The topological polar surface area (TPSA) is 190 Å². The normalized spacial score (nSPS) is 14.3. The summed E-state index contributed by atoms with van der Waals surface area (Å²) in [5, 5.41) is 38.0. The SMILES string of the molecule is CCCCCCCCCCCCC(CCCCCCCCCCCC)C(=O)O[C@@H]([C@H](OP(=O)(Oc1ccccc1)Oc1ccccc1)[C@H](O)COC(=O)[C@](C)(c1ccccc1)N(C)C)[C@H](CO)NC(=O)C[C@H](O)CCCCCCCCCCC. The van der Waals surface area contributed by atoms with Gasteiger partial charge in [0.15, 0.2) is 6.10 Å². The van der Waals surface area contributed by atoms with Crippen LogP contribution in [0.5, 0.6) is 11.5 Å². The molecule has 476 valence electrons. The molecular formula is C69H113N2O12P. The Balaban J connectivity index is 2.08. The van der Waals surface area contributed by atoms with E-state index in [0.717, 1.165) is 77.0 Å². The van der Waals surface area contributed by atoms with E-state index in [-0.39, 0.29) is 17.9 Å². The van der Waals surface area contributed by atoms with Gasteiger partial charge in [-0.1, -0.05) is 274 Å². The second-order valence-electron chi connectivity index (χ2n) is 23.7. The Morgan fingerprint density at radius 1 is 0.548 bits per heavy atom. The number of nitrogens with zero attached hydrogens (tertiary/aromatic N) is 1. The Morgan fingerprint density at radius 3 is 1.32 bits per heavy atom. The van der Waals surface area contributed by atoms with Gasteiger partial charge >= 0.3 is 19.8 Å². The molecule has 14 nitrogen and oxygen atoms in total. The highest BCUT2D eigenvalue weighted by Gasteiger charge is 2.48. The van der Waals surface area contributed by atoms with E-state index < -0.39 is 80.8 Å². The lowest BCUT2D eigenvalue weighted by Crippen LogP contribution is -2.58. The number of aliphatic hydroxyl groups excluding tert-OH is 3. The second-order valence-corrected chi connectivity index (χ2v) is 25.2. The number of esters is 2. The third-order valence-corrected chi connectivity index (χ3v) is 17.7. The van der Waals surface area contributed by atoms with Crippen molar-refractivity contribution in [3.63, 3.8) is 0 Å². The maximum absolute atomic E-state index is 15.5. The molecule has 0 aliphatic carbocycles. The fraction of sp³-hybridized carbons (Fsp3) is 0.696. The van der Waals surface area contributed by atoms with Gasteiger partial charge in [0.05, 0.1) is 31.1 Å². The van der Waals surface area contributed by atoms with Crippen LogP contribution < -0.4 is 14.4 Å². The number of nitrogens with one attached hydrogen (secondary N) is 1. The zero-order valence-corrected chi connectivity index (χ0v) is 53.7. The average molecular weight is 1190 g/mol. The molecule has 4 N–H and O–H groups in total. The zero-order chi connectivity index (χ0) is 61.1. The molecular weight excluding hydrogens is 1080 g/mol. The molecule has 3 aromatic rings. The molecule has 84 heavy (non-hydrogen) atoms. The molecule has 0 saturated carbocycles. The number of ether oxygens (including phenoxy) is 2. The molecule has 15 heteroatoms. The number of phosphoric acid groups is 1. The number of para-hydroxylation sites is 2. The fourth-order valence-electron chi connectivity index (χ4n) is 10.7. The molecule has 0 aromatic heterocycles. The quantitative estimate of drug-likeness (QED) is 0.0237. The number of likely N-dealkylation sites (N-methyl/N-ethyl adjacent to an activating group) is 1. The standard InChI is InChI=1S/C69H113N2O12P/c1-7-10-13-16-19-22-25-27-30-36-45-57(46-37-31-28-26-23-20-17-14-11-8-2)67(76)80-65(62(55-72)70-64(75)54-59(73)49-40-32-29-24-21-18-15-12-9-3)66(63(74)56-79-68(77)69(4,71(5)6)58-47-38-33-39-48-58)83-84(78,81-60-50-41-34-42-51-60)82-61-52-43-35-44-53-61/h33-35,38-39,41-44,47-48,50-53,57,59,62-63,65-66,72-74H,7-32,36-37,40,45-46,49,54-56H2,1-6H3,(H,70,75)/t59-,62+,63-,65-,66-,69+/m1/s1. The molecule has 0 heterocycles. The maximum Gasteiger partial charge on any atom is 0.588 e. The van der Waals surface area contributed by atoms with Gasteiger partial charge in [-0.2, -0.15) is 0 Å². The number of hydrogen-bond donors (Lipinski definition) is 4. The lowest BCUT2D eigenvalue weighted by molar-refractivity contribution is -0.176. The summed E-state index contributed by atoms with van der Waals surface area (Å²) < 4.78 is 46.7. The largest absolute Gasteiger partial charge is 0.588 e. The van der Waals surface area contributed by atoms with E-state index in [9.17, 15) is 24.9 Å². The van der Waals surface area contributed by atoms with Crippen molar-refractivity contribution in [2.45, 2.75) is 276 Å². The van der Waals surface area contributed by atoms with Crippen LogP contribution in [-0.2, 0) is 38.5 Å². The number of phosphoric ester groups is 1. The lowest BCUT2D eigenvalue weighted by atomic mass is 9.91. The van der Waals surface area contributed by atoms with Gasteiger partial charge in [0.1, 0.15) is 35.9 Å². The van der Waals surface area contributed by atoms with Crippen molar-refractivity contribution < 1.29 is 57.3 Å². The van der Waals surface area contributed by atoms with Crippen LogP contribution in [0, 0.1) is 5.92 Å². The van der Waals surface area contributed by atoms with Crippen molar-refractivity contribution in [1.82, 2.24) is 10.2 Å². The van der Waals surface area contributed by atoms with Crippen LogP contribution in [0.2, 0.25) is 0 Å². The molecule has 3 aromatic carbocycles. The molecule has 0 aliphatic heterocycles. The highest BCUT2D eigenvalue weighted by molar-refractivity contribution is 7.49. The van der Waals surface area contributed by atoms with Crippen molar-refractivity contribution in [2.24, 2.45) is 5.92 Å². The Kier molecular flexibility index (Phi) is 39.7. The summed E-state index contributed by atoms with van der Waals surface area (Å²) in [6, 6.07) is 23.8. The van der Waals surface area contributed by atoms with Crippen LogP contribution in [0.15, 0.2) is 91.0 Å². The van der Waals surface area contributed by atoms with E-state index in [1.54, 1.807) is 111 Å². The van der Waals surface area contributed by atoms with Crippen LogP contribution in [0.3, 0.4) is 0 Å². The van der Waals surface area contributed by atoms with Crippen LogP contribution >= 0.6 is 7.82 Å². The van der Waals surface area contributed by atoms with E-state index in [2.05, 4.69) is 26.1 Å². The molecule has 6 atom stereocenters. The maximum atomic E-state index is 15.5. The minimum atomic E-state index is -4.99. The lowest BCUT2D eigenvalue weighted by Gasteiger charge is -2.38. The highest BCUT2D eigenvalue weighted by Crippen LogP contribution is 2.52. The van der Waals surface area contributed by atoms with E-state index in [4.69, 9.17) is 23.0 Å². The Morgan fingerprint density at radius 2 is 0.929 bits per heavy atom. The molecule has 0 fully saturated rings. The number of hydrogen-bond acceptors (Lipinski definition) is 13. The van der Waals surface area contributed by atoms with Crippen LogP contribution in [0.4, 0.5) is 0 Å². The molecule has 1 amide bonds. The first-order valence-electron chi connectivity index (χ1n) is 32.9. The Bertz CT molecular complexity index is 2100. The minimum Gasteiger partial charge on any atom is -0.461 e. The zero-order valence-electron chi connectivity index (χ0n) is 52.8. The number of rotatable bonds is 52. The van der Waals surface area contributed by atoms with Crippen molar-refractivity contribution >= 4 is 25.7 Å².